The smallest absolute Gasteiger partial charge is 0.350 e. The van der Waals surface area contributed by atoms with E-state index in [2.05, 4.69) is 14.8 Å². The minimum atomic E-state index is -0.785. The predicted molar refractivity (Wildman–Crippen MR) is 121 cm³/mol. The molecular weight excluding hydrogens is 474 g/mol. The van der Waals surface area contributed by atoms with Gasteiger partial charge in [0.1, 0.15) is 10.6 Å². The van der Waals surface area contributed by atoms with Crippen LogP contribution in [0.2, 0.25) is 5.02 Å². The van der Waals surface area contributed by atoms with Crippen LogP contribution in [0.1, 0.15) is 30.4 Å². The van der Waals surface area contributed by atoms with Gasteiger partial charge in [-0.05, 0) is 36.4 Å². The third-order valence-electron chi connectivity index (χ3n) is 4.48. The van der Waals surface area contributed by atoms with Gasteiger partial charge in [-0.3, -0.25) is 4.79 Å². The molecule has 0 aliphatic rings. The molecule has 1 amide bonds. The molecule has 0 aliphatic carbocycles. The average Bonchev–Trinajstić information content (AvgIpc) is 3.17. The Labute approximate surface area is 197 Å². The molecule has 172 valence electrons. The van der Waals surface area contributed by atoms with E-state index in [1.54, 1.807) is 18.2 Å². The number of methoxy groups -OCH3 is 3. The Morgan fingerprint density at radius 3 is 2.33 bits per heavy atom. The summed E-state index contributed by atoms with van der Waals surface area (Å²) in [7, 11) is 3.90. The summed E-state index contributed by atoms with van der Waals surface area (Å²) in [6.07, 6.45) is 0. The number of amides is 1. The molecule has 0 spiro atoms. The van der Waals surface area contributed by atoms with Gasteiger partial charge < -0.3 is 24.3 Å². The highest BCUT2D eigenvalue weighted by atomic mass is 35.5. The monoisotopic (exact) mass is 491 g/mol. The number of anilines is 1. The minimum absolute atomic E-state index is 0.00205. The third-order valence-corrected chi connectivity index (χ3v) is 6.11. The zero-order valence-corrected chi connectivity index (χ0v) is 19.3. The summed E-state index contributed by atoms with van der Waals surface area (Å²) in [5.41, 5.74) is 0.106. The molecule has 1 N–H and O–H groups in total. The fourth-order valence-corrected chi connectivity index (χ4v) is 4.30. The normalized spacial score (nSPS) is 10.4. The van der Waals surface area contributed by atoms with Crippen molar-refractivity contribution in [2.45, 2.75) is 0 Å². The number of ether oxygens (including phenoxy) is 4. The Kier molecular flexibility index (Phi) is 7.52. The molecule has 0 saturated carbocycles. The molecule has 0 saturated heterocycles. The molecule has 3 aromatic rings. The Hall–Kier alpha value is -3.63. The second-order valence-corrected chi connectivity index (χ2v) is 7.91. The van der Waals surface area contributed by atoms with Crippen molar-refractivity contribution in [1.29, 1.82) is 0 Å². The number of carbonyl (C=O) groups excluding carboxylic acids is 4. The van der Waals surface area contributed by atoms with Crippen molar-refractivity contribution in [3.63, 3.8) is 0 Å². The molecule has 0 radical (unpaired) electrons. The molecule has 3 rings (SSSR count). The van der Waals surface area contributed by atoms with Crippen LogP contribution in [-0.2, 0) is 19.0 Å². The van der Waals surface area contributed by atoms with Gasteiger partial charge in [-0.2, -0.15) is 0 Å². The van der Waals surface area contributed by atoms with Crippen LogP contribution in [-0.4, -0.2) is 51.8 Å². The Morgan fingerprint density at radius 1 is 0.939 bits per heavy atom. The van der Waals surface area contributed by atoms with E-state index in [4.69, 9.17) is 21.1 Å². The van der Waals surface area contributed by atoms with Crippen molar-refractivity contribution in [2.75, 3.05) is 33.3 Å². The largest absolute Gasteiger partial charge is 0.497 e. The van der Waals surface area contributed by atoms with E-state index in [1.165, 1.54) is 39.5 Å². The molecular formula is C22H18ClNO8S. The summed E-state index contributed by atoms with van der Waals surface area (Å²) in [5, 5.41) is 3.30. The summed E-state index contributed by atoms with van der Waals surface area (Å²) in [6, 6.07) is 9.09. The SMILES string of the molecule is COC(=O)c1ccc(C(=O)OC)c(NC(=O)COC(=O)c2sc3cc(OC)ccc3c2Cl)c1. The first-order valence-electron chi connectivity index (χ1n) is 9.32. The minimum Gasteiger partial charge on any atom is -0.497 e. The van der Waals surface area contributed by atoms with Crippen LogP contribution in [0.15, 0.2) is 36.4 Å². The van der Waals surface area contributed by atoms with E-state index in [-0.39, 0.29) is 26.7 Å². The van der Waals surface area contributed by atoms with E-state index >= 15 is 0 Å². The van der Waals surface area contributed by atoms with Crippen LogP contribution < -0.4 is 10.1 Å². The number of rotatable bonds is 7. The lowest BCUT2D eigenvalue weighted by Gasteiger charge is -2.11. The maximum absolute atomic E-state index is 12.5. The first-order valence-corrected chi connectivity index (χ1v) is 10.5. The van der Waals surface area contributed by atoms with Crippen molar-refractivity contribution in [3.8, 4) is 5.75 Å². The number of nitrogens with one attached hydrogen (secondary N) is 1. The van der Waals surface area contributed by atoms with Crippen molar-refractivity contribution >= 4 is 62.5 Å². The summed E-state index contributed by atoms with van der Waals surface area (Å²) < 4.78 is 20.3. The van der Waals surface area contributed by atoms with Crippen LogP contribution in [0.5, 0.6) is 5.75 Å². The van der Waals surface area contributed by atoms with Gasteiger partial charge in [0, 0.05) is 10.1 Å². The van der Waals surface area contributed by atoms with Crippen LogP contribution in [0.3, 0.4) is 0 Å². The number of thiophene rings is 1. The van der Waals surface area contributed by atoms with Gasteiger partial charge in [0.15, 0.2) is 6.61 Å². The molecule has 1 aromatic heterocycles. The Morgan fingerprint density at radius 2 is 1.67 bits per heavy atom. The lowest BCUT2D eigenvalue weighted by atomic mass is 10.1. The van der Waals surface area contributed by atoms with E-state index in [9.17, 15) is 19.2 Å². The molecule has 0 bridgehead atoms. The fraction of sp³-hybridized carbons (Fsp3) is 0.182. The molecule has 0 unspecified atom stereocenters. The fourth-order valence-electron chi connectivity index (χ4n) is 2.87. The average molecular weight is 492 g/mol. The van der Waals surface area contributed by atoms with Gasteiger partial charge in [0.2, 0.25) is 0 Å². The number of hydrogen-bond donors (Lipinski definition) is 1. The Balaban J connectivity index is 1.74. The van der Waals surface area contributed by atoms with E-state index in [1.807, 2.05) is 0 Å². The molecule has 0 fully saturated rings. The maximum Gasteiger partial charge on any atom is 0.350 e. The number of hydrogen-bond acceptors (Lipinski definition) is 9. The third kappa shape index (κ3) is 5.24. The molecule has 33 heavy (non-hydrogen) atoms. The van der Waals surface area contributed by atoms with Gasteiger partial charge in [0.05, 0.1) is 43.2 Å². The molecule has 9 nitrogen and oxygen atoms in total. The summed E-state index contributed by atoms with van der Waals surface area (Å²) in [6.45, 7) is -0.657. The highest BCUT2D eigenvalue weighted by Gasteiger charge is 2.21. The van der Waals surface area contributed by atoms with Crippen molar-refractivity contribution in [3.05, 3.63) is 57.4 Å². The topological polar surface area (TPSA) is 117 Å². The number of carbonyl (C=O) groups is 4. The van der Waals surface area contributed by atoms with Crippen LogP contribution in [0.4, 0.5) is 5.69 Å². The van der Waals surface area contributed by atoms with E-state index < -0.39 is 30.4 Å². The molecule has 1 heterocycles. The predicted octanol–water partition coefficient (Wildman–Crippen LogP) is 3.93. The van der Waals surface area contributed by atoms with Crippen LogP contribution in [0, 0.1) is 0 Å². The summed E-state index contributed by atoms with van der Waals surface area (Å²) in [5.74, 6) is -2.31. The Bertz CT molecular complexity index is 1250. The number of halogens is 1. The maximum atomic E-state index is 12.5. The number of fused-ring (bicyclic) bond motifs is 1. The first-order chi connectivity index (χ1) is 15.8. The van der Waals surface area contributed by atoms with E-state index in [0.29, 0.717) is 11.1 Å². The van der Waals surface area contributed by atoms with Gasteiger partial charge in [-0.15, -0.1) is 11.3 Å². The van der Waals surface area contributed by atoms with Crippen LogP contribution in [0.25, 0.3) is 10.1 Å². The van der Waals surface area contributed by atoms with Gasteiger partial charge in [-0.25, -0.2) is 14.4 Å². The quantitative estimate of drug-likeness (QED) is 0.390. The van der Waals surface area contributed by atoms with Crippen molar-refractivity contribution in [1.82, 2.24) is 0 Å². The number of benzene rings is 2. The van der Waals surface area contributed by atoms with Gasteiger partial charge in [-0.1, -0.05) is 11.6 Å². The second-order valence-electron chi connectivity index (χ2n) is 6.48. The summed E-state index contributed by atoms with van der Waals surface area (Å²) >= 11 is 7.40. The van der Waals surface area contributed by atoms with Crippen LogP contribution >= 0.6 is 22.9 Å². The molecule has 0 atom stereocenters. The standard InChI is InChI=1S/C22H18ClNO8S/c1-29-12-5-7-14-16(9-12)33-19(18(14)23)22(28)32-10-17(25)24-15-8-11(20(26)30-2)4-6-13(15)21(27)31-3/h4-9H,10H2,1-3H3,(H,24,25). The highest BCUT2D eigenvalue weighted by Crippen LogP contribution is 2.37. The van der Waals surface area contributed by atoms with E-state index in [0.717, 1.165) is 16.0 Å². The summed E-state index contributed by atoms with van der Waals surface area (Å²) in [4.78, 5) is 48.8. The lowest BCUT2D eigenvalue weighted by molar-refractivity contribution is -0.119. The van der Waals surface area contributed by atoms with Crippen molar-refractivity contribution < 1.29 is 38.1 Å². The molecule has 2 aromatic carbocycles. The second kappa shape index (κ2) is 10.3. The lowest BCUT2D eigenvalue weighted by Crippen LogP contribution is -2.22. The van der Waals surface area contributed by atoms with Gasteiger partial charge >= 0.3 is 17.9 Å². The highest BCUT2D eigenvalue weighted by molar-refractivity contribution is 7.21. The molecule has 0 aliphatic heterocycles. The molecule has 11 heteroatoms. The van der Waals surface area contributed by atoms with Gasteiger partial charge in [0.25, 0.3) is 5.91 Å². The first kappa shape index (κ1) is 24.0. The zero-order valence-electron chi connectivity index (χ0n) is 17.7. The van der Waals surface area contributed by atoms with Crippen molar-refractivity contribution in [2.24, 2.45) is 0 Å². The zero-order chi connectivity index (χ0) is 24.1. The number of esters is 3.